The van der Waals surface area contributed by atoms with Crippen LogP contribution in [-0.4, -0.2) is 41.9 Å². The minimum atomic E-state index is -0.0373. The molecule has 0 aliphatic carbocycles. The summed E-state index contributed by atoms with van der Waals surface area (Å²) in [5.41, 5.74) is 5.32. The molecule has 0 unspecified atom stereocenters. The van der Waals surface area contributed by atoms with Crippen LogP contribution in [0.15, 0.2) is 30.6 Å². The lowest BCUT2D eigenvalue weighted by Gasteiger charge is -2.20. The lowest BCUT2D eigenvalue weighted by atomic mass is 10.1. The molecule has 7 heteroatoms. The van der Waals surface area contributed by atoms with E-state index in [0.29, 0.717) is 18.8 Å². The molecule has 7 nitrogen and oxygen atoms in total. The molecule has 0 atom stereocenters. The van der Waals surface area contributed by atoms with Crippen molar-refractivity contribution in [3.05, 3.63) is 53.2 Å². The Kier molecular flexibility index (Phi) is 4.88. The quantitative estimate of drug-likeness (QED) is 0.707. The fraction of sp³-hybridized carbons (Fsp3) is 0.368. The summed E-state index contributed by atoms with van der Waals surface area (Å²) in [4.78, 5) is 18.9. The average molecular weight is 352 g/mol. The number of hydrogen-bond donors (Lipinski definition) is 0. The highest BCUT2D eigenvalue weighted by molar-refractivity contribution is 5.93. The molecule has 136 valence electrons. The van der Waals surface area contributed by atoms with Gasteiger partial charge in [-0.3, -0.25) is 19.1 Å². The van der Waals surface area contributed by atoms with Crippen molar-refractivity contribution < 1.29 is 4.79 Å². The van der Waals surface area contributed by atoms with Gasteiger partial charge in [0.2, 0.25) is 0 Å². The van der Waals surface area contributed by atoms with Crippen molar-refractivity contribution in [1.29, 1.82) is 0 Å². The molecule has 0 bridgehead atoms. The molecule has 0 aliphatic rings. The smallest absolute Gasteiger partial charge is 0.272 e. The summed E-state index contributed by atoms with van der Waals surface area (Å²) < 4.78 is 3.49. The number of aromatic nitrogens is 5. The Labute approximate surface area is 153 Å². The third-order valence-electron chi connectivity index (χ3n) is 4.66. The van der Waals surface area contributed by atoms with Crippen molar-refractivity contribution >= 4 is 5.91 Å². The topological polar surface area (TPSA) is 68.8 Å². The fourth-order valence-electron chi connectivity index (χ4n) is 3.13. The van der Waals surface area contributed by atoms with Crippen LogP contribution in [0, 0.1) is 13.8 Å². The second-order valence-corrected chi connectivity index (χ2v) is 6.38. The Morgan fingerprint density at radius 3 is 2.38 bits per heavy atom. The second-order valence-electron chi connectivity index (χ2n) is 6.38. The van der Waals surface area contributed by atoms with Crippen molar-refractivity contribution in [3.63, 3.8) is 0 Å². The Bertz CT molecular complexity index is 925. The van der Waals surface area contributed by atoms with E-state index in [4.69, 9.17) is 0 Å². The zero-order valence-corrected chi connectivity index (χ0v) is 15.9. The second kappa shape index (κ2) is 7.11. The number of pyridine rings is 1. The van der Waals surface area contributed by atoms with Gasteiger partial charge in [-0.1, -0.05) is 0 Å². The van der Waals surface area contributed by atoms with Crippen LogP contribution in [0.3, 0.4) is 0 Å². The predicted octanol–water partition coefficient (Wildman–Crippen LogP) is 2.49. The number of rotatable bonds is 5. The number of nitrogens with zero attached hydrogens (tertiary/aromatic N) is 6. The highest BCUT2D eigenvalue weighted by atomic mass is 16.2. The van der Waals surface area contributed by atoms with Crippen LogP contribution in [-0.2, 0) is 20.6 Å². The number of aryl methyl sites for hydroxylation is 3. The van der Waals surface area contributed by atoms with Crippen molar-refractivity contribution in [2.75, 3.05) is 6.54 Å². The summed E-state index contributed by atoms with van der Waals surface area (Å²) >= 11 is 0. The van der Waals surface area contributed by atoms with Crippen LogP contribution in [0.1, 0.15) is 34.4 Å². The molecule has 3 aromatic heterocycles. The van der Waals surface area contributed by atoms with Crippen molar-refractivity contribution in [2.24, 2.45) is 14.1 Å². The van der Waals surface area contributed by atoms with Crippen molar-refractivity contribution in [2.45, 2.75) is 27.3 Å². The Hall–Kier alpha value is -2.96. The standard InChI is InChI=1S/C19H24N6O/c1-6-25(12-15-7-9-20-10-8-15)19(26)17-11-16(22-24(17)5)18-13(2)21-23(4)14(18)3/h7-11H,6,12H2,1-5H3. The van der Waals surface area contributed by atoms with Crippen LogP contribution < -0.4 is 0 Å². The zero-order valence-electron chi connectivity index (χ0n) is 15.9. The summed E-state index contributed by atoms with van der Waals surface area (Å²) in [5, 5.41) is 9.01. The van der Waals surface area contributed by atoms with E-state index >= 15 is 0 Å². The van der Waals surface area contributed by atoms with Gasteiger partial charge in [0.15, 0.2) is 0 Å². The Morgan fingerprint density at radius 2 is 1.81 bits per heavy atom. The molecular formula is C19H24N6O. The minimum absolute atomic E-state index is 0.0373. The third kappa shape index (κ3) is 3.24. The lowest BCUT2D eigenvalue weighted by molar-refractivity contribution is 0.0741. The molecule has 0 spiro atoms. The van der Waals surface area contributed by atoms with Crippen LogP contribution >= 0.6 is 0 Å². The summed E-state index contributed by atoms with van der Waals surface area (Å²) in [6.45, 7) is 7.11. The molecule has 0 radical (unpaired) electrons. The zero-order chi connectivity index (χ0) is 18.8. The Morgan fingerprint density at radius 1 is 1.12 bits per heavy atom. The first-order chi connectivity index (χ1) is 12.4. The van der Waals surface area contributed by atoms with E-state index in [1.165, 1.54) is 0 Å². The summed E-state index contributed by atoms with van der Waals surface area (Å²) in [7, 11) is 3.71. The van der Waals surface area contributed by atoms with E-state index < -0.39 is 0 Å². The molecule has 1 amide bonds. The van der Waals surface area contributed by atoms with E-state index in [9.17, 15) is 4.79 Å². The van der Waals surface area contributed by atoms with Gasteiger partial charge in [0.25, 0.3) is 5.91 Å². The van der Waals surface area contributed by atoms with E-state index in [2.05, 4.69) is 15.2 Å². The number of amides is 1. The highest BCUT2D eigenvalue weighted by Gasteiger charge is 2.22. The molecule has 0 aliphatic heterocycles. The maximum atomic E-state index is 13.0. The first kappa shape index (κ1) is 17.8. The molecule has 0 aromatic carbocycles. The minimum Gasteiger partial charge on any atom is -0.333 e. The summed E-state index contributed by atoms with van der Waals surface area (Å²) in [6, 6.07) is 5.70. The van der Waals surface area contributed by atoms with E-state index in [1.54, 1.807) is 29.0 Å². The Balaban J connectivity index is 1.91. The molecule has 0 saturated heterocycles. The van der Waals surface area contributed by atoms with Crippen LogP contribution in [0.25, 0.3) is 11.3 Å². The molecule has 0 fully saturated rings. The first-order valence-corrected chi connectivity index (χ1v) is 8.65. The molecule has 3 heterocycles. The molecule has 0 N–H and O–H groups in total. The van der Waals surface area contributed by atoms with Crippen molar-refractivity contribution in [3.8, 4) is 11.3 Å². The van der Waals surface area contributed by atoms with Gasteiger partial charge in [0.1, 0.15) is 5.69 Å². The van der Waals surface area contributed by atoms with Gasteiger partial charge in [-0.05, 0) is 44.5 Å². The van der Waals surface area contributed by atoms with E-state index in [1.807, 2.05) is 50.7 Å². The SMILES string of the molecule is CCN(Cc1ccncc1)C(=O)c1cc(-c2c(C)nn(C)c2C)nn1C. The van der Waals surface area contributed by atoms with E-state index in [0.717, 1.165) is 28.2 Å². The van der Waals surface area contributed by atoms with Gasteiger partial charge in [0.05, 0.1) is 11.4 Å². The third-order valence-corrected chi connectivity index (χ3v) is 4.66. The number of carbonyl (C=O) groups is 1. The average Bonchev–Trinajstić information content (AvgIpc) is 3.12. The van der Waals surface area contributed by atoms with Gasteiger partial charge in [-0.25, -0.2) is 0 Å². The maximum Gasteiger partial charge on any atom is 0.272 e. The summed E-state index contributed by atoms with van der Waals surface area (Å²) in [6.07, 6.45) is 3.48. The number of carbonyl (C=O) groups excluding carboxylic acids is 1. The van der Waals surface area contributed by atoms with Crippen LogP contribution in [0.2, 0.25) is 0 Å². The van der Waals surface area contributed by atoms with Crippen molar-refractivity contribution in [1.82, 2.24) is 29.4 Å². The molecule has 3 aromatic rings. The first-order valence-electron chi connectivity index (χ1n) is 8.65. The van der Waals surface area contributed by atoms with Gasteiger partial charge < -0.3 is 4.90 Å². The normalized spacial score (nSPS) is 11.0. The fourth-order valence-corrected chi connectivity index (χ4v) is 3.13. The lowest BCUT2D eigenvalue weighted by Crippen LogP contribution is -2.31. The molecule has 3 rings (SSSR count). The van der Waals surface area contributed by atoms with Gasteiger partial charge in [-0.2, -0.15) is 10.2 Å². The van der Waals surface area contributed by atoms with Crippen LogP contribution in [0.5, 0.6) is 0 Å². The van der Waals surface area contributed by atoms with Crippen LogP contribution in [0.4, 0.5) is 0 Å². The monoisotopic (exact) mass is 352 g/mol. The van der Waals surface area contributed by atoms with Gasteiger partial charge >= 0.3 is 0 Å². The predicted molar refractivity (Wildman–Crippen MR) is 99.5 cm³/mol. The number of hydrogen-bond acceptors (Lipinski definition) is 4. The van der Waals surface area contributed by atoms with Gasteiger partial charge in [0, 0.05) is 50.8 Å². The summed E-state index contributed by atoms with van der Waals surface area (Å²) in [5.74, 6) is -0.0373. The molecule has 0 saturated carbocycles. The molecule has 26 heavy (non-hydrogen) atoms. The largest absolute Gasteiger partial charge is 0.333 e. The highest BCUT2D eigenvalue weighted by Crippen LogP contribution is 2.26. The van der Waals surface area contributed by atoms with Gasteiger partial charge in [-0.15, -0.1) is 0 Å². The maximum absolute atomic E-state index is 13.0. The van der Waals surface area contributed by atoms with E-state index in [-0.39, 0.29) is 5.91 Å². The molecular weight excluding hydrogens is 328 g/mol.